The number of nitrogens with one attached hydrogen (secondary N) is 1. The van der Waals surface area contributed by atoms with Crippen LogP contribution < -0.4 is 10.1 Å². The van der Waals surface area contributed by atoms with E-state index >= 15 is 0 Å². The van der Waals surface area contributed by atoms with Gasteiger partial charge in [-0.05, 0) is 61.6 Å². The molecule has 2 aromatic rings. The molecule has 1 aromatic heterocycles. The van der Waals surface area contributed by atoms with Gasteiger partial charge in [0, 0.05) is 18.4 Å². The summed E-state index contributed by atoms with van der Waals surface area (Å²) in [6.45, 7) is 2.94. The topological polar surface area (TPSA) is 34.1 Å². The van der Waals surface area contributed by atoms with Crippen molar-refractivity contribution in [1.29, 1.82) is 0 Å². The Morgan fingerprint density at radius 1 is 1.33 bits per heavy atom. The summed E-state index contributed by atoms with van der Waals surface area (Å²) in [6.07, 6.45) is 5.99. The van der Waals surface area contributed by atoms with E-state index in [0.717, 1.165) is 25.2 Å². The van der Waals surface area contributed by atoms with Crippen molar-refractivity contribution in [2.75, 3.05) is 13.7 Å². The average Bonchev–Trinajstić information content (AvgIpc) is 2.53. The number of nitrogens with zero attached hydrogens (tertiary/aromatic N) is 1. The molecule has 0 radical (unpaired) electrons. The van der Waals surface area contributed by atoms with E-state index in [1.54, 1.807) is 0 Å². The van der Waals surface area contributed by atoms with E-state index < -0.39 is 0 Å². The Labute approximate surface area is 126 Å². The maximum atomic E-state index is 5.77. The molecule has 0 saturated heterocycles. The molecule has 0 amide bonds. The number of hydrogen-bond acceptors (Lipinski definition) is 3. The lowest BCUT2D eigenvalue weighted by molar-refractivity contribution is 0.256. The maximum Gasteiger partial charge on any atom is 0.122 e. The molecule has 1 aromatic carbocycles. The normalized spacial score (nSPS) is 18.7. The Morgan fingerprint density at radius 2 is 2.19 bits per heavy atom. The molecule has 1 N–H and O–H groups in total. The molecule has 0 saturated carbocycles. The first-order valence-corrected chi connectivity index (χ1v) is 7.59. The van der Waals surface area contributed by atoms with Gasteiger partial charge in [0.1, 0.15) is 5.75 Å². The Kier molecular flexibility index (Phi) is 4.20. The van der Waals surface area contributed by atoms with Gasteiger partial charge in [-0.15, -0.1) is 0 Å². The summed E-state index contributed by atoms with van der Waals surface area (Å²) >= 11 is 0. The first-order valence-electron chi connectivity index (χ1n) is 7.59. The van der Waals surface area contributed by atoms with Crippen LogP contribution in [0.2, 0.25) is 0 Å². The zero-order chi connectivity index (χ0) is 14.7. The lowest BCUT2D eigenvalue weighted by atomic mass is 9.85. The highest BCUT2D eigenvalue weighted by molar-refractivity contribution is 5.38. The second-order valence-electron chi connectivity index (χ2n) is 5.68. The monoisotopic (exact) mass is 282 g/mol. The molecule has 2 heterocycles. The Morgan fingerprint density at radius 3 is 3.00 bits per heavy atom. The number of benzene rings is 1. The Balaban J connectivity index is 1.84. The van der Waals surface area contributed by atoms with Gasteiger partial charge in [0.2, 0.25) is 0 Å². The average molecular weight is 282 g/mol. The van der Waals surface area contributed by atoms with Gasteiger partial charge in [-0.2, -0.15) is 0 Å². The van der Waals surface area contributed by atoms with Crippen LogP contribution in [-0.2, 0) is 0 Å². The van der Waals surface area contributed by atoms with Crippen LogP contribution in [0, 0.1) is 6.92 Å². The Bertz CT molecular complexity index is 612. The van der Waals surface area contributed by atoms with E-state index in [4.69, 9.17) is 4.74 Å². The quantitative estimate of drug-likeness (QED) is 0.930. The molecular weight excluding hydrogens is 260 g/mol. The second kappa shape index (κ2) is 6.27. The van der Waals surface area contributed by atoms with Gasteiger partial charge < -0.3 is 10.1 Å². The zero-order valence-corrected chi connectivity index (χ0v) is 12.7. The van der Waals surface area contributed by atoms with E-state index in [0.29, 0.717) is 12.0 Å². The number of hydrogen-bond donors (Lipinski definition) is 1. The third-order valence-corrected chi connectivity index (χ3v) is 4.39. The van der Waals surface area contributed by atoms with Crippen molar-refractivity contribution in [1.82, 2.24) is 10.3 Å². The highest BCUT2D eigenvalue weighted by atomic mass is 16.5. The van der Waals surface area contributed by atoms with Crippen LogP contribution in [0.4, 0.5) is 0 Å². The minimum Gasteiger partial charge on any atom is -0.493 e. The van der Waals surface area contributed by atoms with E-state index in [1.807, 2.05) is 25.5 Å². The molecule has 0 bridgehead atoms. The van der Waals surface area contributed by atoms with E-state index in [1.165, 1.54) is 16.7 Å². The lowest BCUT2D eigenvalue weighted by Gasteiger charge is -2.29. The van der Waals surface area contributed by atoms with Crippen LogP contribution in [0.3, 0.4) is 0 Å². The van der Waals surface area contributed by atoms with Crippen molar-refractivity contribution in [2.45, 2.75) is 31.7 Å². The van der Waals surface area contributed by atoms with E-state index in [2.05, 4.69) is 41.5 Å². The summed E-state index contributed by atoms with van der Waals surface area (Å²) < 4.78 is 5.77. The minimum atomic E-state index is 0.351. The first kappa shape index (κ1) is 14.1. The van der Waals surface area contributed by atoms with Crippen molar-refractivity contribution >= 4 is 0 Å². The fraction of sp³-hybridized carbons (Fsp3) is 0.389. The molecule has 1 aliphatic heterocycles. The summed E-state index contributed by atoms with van der Waals surface area (Å²) in [5.74, 6) is 1.59. The molecule has 3 nitrogen and oxygen atoms in total. The molecule has 1 aliphatic rings. The molecule has 2 atom stereocenters. The number of para-hydroxylation sites is 1. The summed E-state index contributed by atoms with van der Waals surface area (Å²) in [5, 5.41) is 3.47. The predicted molar refractivity (Wildman–Crippen MR) is 84.7 cm³/mol. The minimum absolute atomic E-state index is 0.351. The van der Waals surface area contributed by atoms with Crippen LogP contribution in [-0.4, -0.2) is 18.6 Å². The predicted octanol–water partition coefficient (Wildman–Crippen LogP) is 3.61. The molecule has 0 aliphatic carbocycles. The molecule has 110 valence electrons. The van der Waals surface area contributed by atoms with Crippen molar-refractivity contribution in [2.24, 2.45) is 0 Å². The number of aromatic nitrogens is 1. The van der Waals surface area contributed by atoms with Crippen molar-refractivity contribution in [3.63, 3.8) is 0 Å². The second-order valence-corrected chi connectivity index (χ2v) is 5.68. The number of aryl methyl sites for hydroxylation is 1. The summed E-state index contributed by atoms with van der Waals surface area (Å²) in [4.78, 5) is 4.20. The maximum absolute atomic E-state index is 5.77. The van der Waals surface area contributed by atoms with Gasteiger partial charge in [-0.25, -0.2) is 0 Å². The molecular formula is C18H22N2O. The first-order chi connectivity index (χ1) is 10.3. The Hall–Kier alpha value is -1.87. The van der Waals surface area contributed by atoms with Crippen LogP contribution in [0.15, 0.2) is 42.7 Å². The number of rotatable bonds is 4. The molecule has 3 rings (SSSR count). The summed E-state index contributed by atoms with van der Waals surface area (Å²) in [6, 6.07) is 10.9. The van der Waals surface area contributed by atoms with Gasteiger partial charge >= 0.3 is 0 Å². The van der Waals surface area contributed by atoms with Gasteiger partial charge in [0.05, 0.1) is 6.61 Å². The van der Waals surface area contributed by atoms with E-state index in [-0.39, 0.29) is 0 Å². The summed E-state index contributed by atoms with van der Waals surface area (Å²) in [5.41, 5.74) is 3.93. The van der Waals surface area contributed by atoms with Gasteiger partial charge in [-0.3, -0.25) is 4.98 Å². The van der Waals surface area contributed by atoms with Gasteiger partial charge in [0.15, 0.2) is 0 Å². The molecule has 3 heteroatoms. The third kappa shape index (κ3) is 2.93. The molecule has 21 heavy (non-hydrogen) atoms. The van der Waals surface area contributed by atoms with Crippen LogP contribution in [0.5, 0.6) is 5.75 Å². The standard InChI is InChI=1S/C18H22N2O/c1-13-12-20-9-7-15(13)17(19-2)11-14-8-10-21-18-6-4-3-5-16(14)18/h3-7,9,12,14,17,19H,8,10-11H2,1-2H3. The third-order valence-electron chi connectivity index (χ3n) is 4.39. The smallest absolute Gasteiger partial charge is 0.122 e. The SMILES string of the molecule is CNC(CC1CCOc2ccccc21)c1ccncc1C. The largest absolute Gasteiger partial charge is 0.493 e. The highest BCUT2D eigenvalue weighted by Gasteiger charge is 2.25. The van der Waals surface area contributed by atoms with Crippen LogP contribution in [0.25, 0.3) is 0 Å². The molecule has 0 spiro atoms. The fourth-order valence-corrected chi connectivity index (χ4v) is 3.22. The number of ether oxygens (including phenoxy) is 1. The highest BCUT2D eigenvalue weighted by Crippen LogP contribution is 2.39. The van der Waals surface area contributed by atoms with Crippen molar-refractivity contribution in [3.8, 4) is 5.75 Å². The van der Waals surface area contributed by atoms with Crippen molar-refractivity contribution < 1.29 is 4.74 Å². The van der Waals surface area contributed by atoms with Gasteiger partial charge in [-0.1, -0.05) is 18.2 Å². The fourth-order valence-electron chi connectivity index (χ4n) is 3.22. The number of fused-ring (bicyclic) bond motifs is 1. The van der Waals surface area contributed by atoms with Gasteiger partial charge in [0.25, 0.3) is 0 Å². The number of pyridine rings is 1. The zero-order valence-electron chi connectivity index (χ0n) is 12.7. The van der Waals surface area contributed by atoms with E-state index in [9.17, 15) is 0 Å². The molecule has 2 unspecified atom stereocenters. The van der Waals surface area contributed by atoms with Crippen LogP contribution in [0.1, 0.15) is 41.5 Å². The lowest BCUT2D eigenvalue weighted by Crippen LogP contribution is -2.23. The summed E-state index contributed by atoms with van der Waals surface area (Å²) in [7, 11) is 2.04. The van der Waals surface area contributed by atoms with Crippen molar-refractivity contribution in [3.05, 3.63) is 59.4 Å². The van der Waals surface area contributed by atoms with Crippen LogP contribution >= 0.6 is 0 Å². The molecule has 0 fully saturated rings.